The molecule has 4 N–H and O–H groups in total. The second-order valence-electron chi connectivity index (χ2n) is 5.98. The fourth-order valence-electron chi connectivity index (χ4n) is 1.66. The molecule has 1 atom stereocenters. The summed E-state index contributed by atoms with van der Waals surface area (Å²) in [5.74, 6) is 0. The average Bonchev–Trinajstić information content (AvgIpc) is 2.16. The van der Waals surface area contributed by atoms with Gasteiger partial charge in [-0.15, -0.1) is 0 Å². The van der Waals surface area contributed by atoms with Crippen LogP contribution in [-0.4, -0.2) is 12.1 Å². The molecule has 1 aromatic carbocycles. The van der Waals surface area contributed by atoms with Crippen molar-refractivity contribution in [2.75, 3.05) is 6.54 Å². The van der Waals surface area contributed by atoms with Crippen molar-refractivity contribution in [3.63, 3.8) is 0 Å². The van der Waals surface area contributed by atoms with Crippen molar-refractivity contribution < 1.29 is 0 Å². The summed E-state index contributed by atoms with van der Waals surface area (Å²) in [6.07, 6.45) is 0.827. The van der Waals surface area contributed by atoms with E-state index in [1.165, 1.54) is 11.1 Å². The number of hydrogen-bond acceptors (Lipinski definition) is 2. The molecule has 0 amide bonds. The van der Waals surface area contributed by atoms with Crippen molar-refractivity contribution in [2.45, 2.75) is 45.1 Å². The van der Waals surface area contributed by atoms with Gasteiger partial charge in [-0.25, -0.2) is 0 Å². The van der Waals surface area contributed by atoms with E-state index in [1.54, 1.807) is 0 Å². The van der Waals surface area contributed by atoms with Crippen LogP contribution in [-0.2, 0) is 11.8 Å². The first kappa shape index (κ1) is 13.2. The number of hydrogen-bond donors (Lipinski definition) is 2. The summed E-state index contributed by atoms with van der Waals surface area (Å²) >= 11 is 0. The maximum Gasteiger partial charge on any atom is 0.0290 e. The van der Waals surface area contributed by atoms with Gasteiger partial charge in [0.1, 0.15) is 0 Å². The van der Waals surface area contributed by atoms with E-state index in [0.29, 0.717) is 6.54 Å². The lowest BCUT2D eigenvalue weighted by atomic mass is 9.85. The smallest absolute Gasteiger partial charge is 0.0290 e. The predicted octanol–water partition coefficient (Wildman–Crippen LogP) is 2.20. The first-order valence-electron chi connectivity index (χ1n) is 5.83. The zero-order valence-electron chi connectivity index (χ0n) is 10.9. The molecule has 2 heteroatoms. The minimum atomic E-state index is -0.302. The highest BCUT2D eigenvalue weighted by Gasteiger charge is 2.17. The molecule has 0 saturated carbocycles. The average molecular weight is 220 g/mol. The Labute approximate surface area is 99.0 Å². The Kier molecular flexibility index (Phi) is 3.76. The Bertz CT molecular complexity index is 331. The highest BCUT2D eigenvalue weighted by Crippen LogP contribution is 2.22. The lowest BCUT2D eigenvalue weighted by Crippen LogP contribution is -2.45. The predicted molar refractivity (Wildman–Crippen MR) is 70.5 cm³/mol. The van der Waals surface area contributed by atoms with Gasteiger partial charge in [-0.3, -0.25) is 0 Å². The van der Waals surface area contributed by atoms with Crippen molar-refractivity contribution in [3.8, 4) is 0 Å². The van der Waals surface area contributed by atoms with Gasteiger partial charge in [0.25, 0.3) is 0 Å². The molecule has 2 nitrogen and oxygen atoms in total. The van der Waals surface area contributed by atoms with Gasteiger partial charge in [0.05, 0.1) is 0 Å². The van der Waals surface area contributed by atoms with E-state index in [4.69, 9.17) is 11.5 Å². The monoisotopic (exact) mass is 220 g/mol. The molecule has 0 aliphatic rings. The highest BCUT2D eigenvalue weighted by molar-refractivity contribution is 5.28. The zero-order chi connectivity index (χ0) is 12.4. The summed E-state index contributed by atoms with van der Waals surface area (Å²) in [7, 11) is 0. The van der Waals surface area contributed by atoms with Crippen molar-refractivity contribution in [3.05, 3.63) is 35.4 Å². The molecule has 0 aromatic heterocycles. The van der Waals surface area contributed by atoms with E-state index in [1.807, 2.05) is 6.92 Å². The van der Waals surface area contributed by atoms with Crippen LogP contribution in [0.5, 0.6) is 0 Å². The zero-order valence-corrected chi connectivity index (χ0v) is 10.9. The van der Waals surface area contributed by atoms with E-state index in [9.17, 15) is 0 Å². The third-order valence-corrected chi connectivity index (χ3v) is 2.89. The van der Waals surface area contributed by atoms with Crippen LogP contribution in [0.25, 0.3) is 0 Å². The van der Waals surface area contributed by atoms with Crippen LogP contribution in [0.1, 0.15) is 38.8 Å². The summed E-state index contributed by atoms with van der Waals surface area (Å²) in [5, 5.41) is 0. The minimum Gasteiger partial charge on any atom is -0.329 e. The van der Waals surface area contributed by atoms with E-state index >= 15 is 0 Å². The summed E-state index contributed by atoms with van der Waals surface area (Å²) in [6.45, 7) is 9.15. The van der Waals surface area contributed by atoms with Gasteiger partial charge < -0.3 is 11.5 Å². The van der Waals surface area contributed by atoms with Crippen molar-refractivity contribution in [2.24, 2.45) is 11.5 Å². The van der Waals surface area contributed by atoms with Crippen LogP contribution >= 0.6 is 0 Å². The normalized spacial score (nSPS) is 15.9. The van der Waals surface area contributed by atoms with Crippen molar-refractivity contribution >= 4 is 0 Å². The standard InChI is InChI=1S/C14H24N2/c1-13(2,3)12-7-5-11(6-8-12)9-14(4,16)10-15/h5-8H,9-10,15-16H2,1-4H3. The fraction of sp³-hybridized carbons (Fsp3) is 0.571. The maximum absolute atomic E-state index is 6.05. The summed E-state index contributed by atoms with van der Waals surface area (Å²) in [6, 6.07) is 8.67. The number of nitrogens with two attached hydrogens (primary N) is 2. The maximum atomic E-state index is 6.05. The van der Waals surface area contributed by atoms with E-state index in [0.717, 1.165) is 6.42 Å². The molecule has 1 aromatic rings. The molecule has 0 fully saturated rings. The van der Waals surface area contributed by atoms with E-state index in [2.05, 4.69) is 45.0 Å². The molecule has 0 saturated heterocycles. The third kappa shape index (κ3) is 3.62. The largest absolute Gasteiger partial charge is 0.329 e. The first-order valence-corrected chi connectivity index (χ1v) is 5.83. The molecule has 1 unspecified atom stereocenters. The second kappa shape index (κ2) is 4.56. The number of benzene rings is 1. The molecular formula is C14H24N2. The molecule has 0 heterocycles. The highest BCUT2D eigenvalue weighted by atomic mass is 14.8. The van der Waals surface area contributed by atoms with Crippen molar-refractivity contribution in [1.29, 1.82) is 0 Å². The fourth-order valence-corrected chi connectivity index (χ4v) is 1.66. The Morgan fingerprint density at radius 2 is 1.50 bits per heavy atom. The quantitative estimate of drug-likeness (QED) is 0.820. The van der Waals surface area contributed by atoms with Crippen molar-refractivity contribution in [1.82, 2.24) is 0 Å². The third-order valence-electron chi connectivity index (χ3n) is 2.89. The molecule has 0 bridgehead atoms. The molecule has 0 aliphatic carbocycles. The lowest BCUT2D eigenvalue weighted by molar-refractivity contribution is 0.477. The Balaban J connectivity index is 2.80. The summed E-state index contributed by atoms with van der Waals surface area (Å²) in [4.78, 5) is 0. The molecule has 0 spiro atoms. The molecular weight excluding hydrogens is 196 g/mol. The number of rotatable bonds is 3. The lowest BCUT2D eigenvalue weighted by Gasteiger charge is -2.23. The van der Waals surface area contributed by atoms with Gasteiger partial charge in [0, 0.05) is 12.1 Å². The van der Waals surface area contributed by atoms with Gasteiger partial charge in [-0.2, -0.15) is 0 Å². The van der Waals surface area contributed by atoms with Crippen LogP contribution in [0.4, 0.5) is 0 Å². The molecule has 90 valence electrons. The van der Waals surface area contributed by atoms with E-state index < -0.39 is 0 Å². The van der Waals surface area contributed by atoms with Gasteiger partial charge in [0.2, 0.25) is 0 Å². The van der Waals surface area contributed by atoms with Gasteiger partial charge in [-0.1, -0.05) is 45.0 Å². The molecule has 16 heavy (non-hydrogen) atoms. The topological polar surface area (TPSA) is 52.0 Å². The Hall–Kier alpha value is -0.860. The molecule has 0 aliphatic heterocycles. The van der Waals surface area contributed by atoms with Gasteiger partial charge in [0.15, 0.2) is 0 Å². The Morgan fingerprint density at radius 1 is 1.00 bits per heavy atom. The SMILES string of the molecule is CC(N)(CN)Cc1ccc(C(C)(C)C)cc1. The minimum absolute atomic E-state index is 0.207. The molecule has 1 rings (SSSR count). The van der Waals surface area contributed by atoms with Crippen LogP contribution < -0.4 is 11.5 Å². The van der Waals surface area contributed by atoms with Crippen LogP contribution in [0.15, 0.2) is 24.3 Å². The first-order chi connectivity index (χ1) is 7.24. The Morgan fingerprint density at radius 3 is 1.88 bits per heavy atom. The van der Waals surface area contributed by atoms with Crippen LogP contribution in [0.2, 0.25) is 0 Å². The van der Waals surface area contributed by atoms with Gasteiger partial charge in [-0.05, 0) is 29.9 Å². The second-order valence-corrected chi connectivity index (χ2v) is 5.98. The van der Waals surface area contributed by atoms with Crippen LogP contribution in [0, 0.1) is 0 Å². The van der Waals surface area contributed by atoms with E-state index in [-0.39, 0.29) is 11.0 Å². The molecule has 0 radical (unpaired) electrons. The summed E-state index contributed by atoms with van der Waals surface area (Å²) < 4.78 is 0. The van der Waals surface area contributed by atoms with Gasteiger partial charge >= 0.3 is 0 Å². The van der Waals surface area contributed by atoms with Crippen LogP contribution in [0.3, 0.4) is 0 Å². The summed E-state index contributed by atoms with van der Waals surface area (Å²) in [5.41, 5.74) is 14.2.